The second kappa shape index (κ2) is 13.4. The van der Waals surface area contributed by atoms with Crippen molar-refractivity contribution >= 4 is 17.7 Å². The van der Waals surface area contributed by atoms with Crippen LogP contribution in [0.5, 0.6) is 0 Å². The molecule has 0 aliphatic carbocycles. The van der Waals surface area contributed by atoms with Crippen LogP contribution in [0.15, 0.2) is 12.3 Å². The van der Waals surface area contributed by atoms with Crippen molar-refractivity contribution in [3.63, 3.8) is 0 Å². The third-order valence-electron chi connectivity index (χ3n) is 8.21. The summed E-state index contributed by atoms with van der Waals surface area (Å²) >= 11 is 0. The molecule has 196 valence electrons. The molecule has 0 bridgehead atoms. The van der Waals surface area contributed by atoms with Crippen LogP contribution >= 0.6 is 0 Å². The Bertz CT molecular complexity index is 774. The summed E-state index contributed by atoms with van der Waals surface area (Å²) in [6, 6.07) is 2.90. The number of nitrogens with zero attached hydrogens (tertiary/aromatic N) is 5. The van der Waals surface area contributed by atoms with E-state index in [9.17, 15) is 4.79 Å². The first-order valence-electron chi connectivity index (χ1n) is 14.5. The van der Waals surface area contributed by atoms with Crippen LogP contribution < -0.4 is 10.2 Å². The fourth-order valence-corrected chi connectivity index (χ4v) is 6.33. The molecule has 1 aromatic rings. The fourth-order valence-electron chi connectivity index (χ4n) is 6.33. The van der Waals surface area contributed by atoms with Crippen molar-refractivity contribution in [2.24, 2.45) is 5.92 Å². The van der Waals surface area contributed by atoms with E-state index in [2.05, 4.69) is 44.9 Å². The van der Waals surface area contributed by atoms with Crippen LogP contribution in [0.4, 0.5) is 11.8 Å². The van der Waals surface area contributed by atoms with E-state index in [1.54, 1.807) is 0 Å². The molecule has 35 heavy (non-hydrogen) atoms. The standard InChI is InChI=1S/C28H48N6O/c1-3-11-23(12-4-2)27(35)34-20-10-14-25(22-34)33-19-9-13-24(21-33)30-28-29-16-15-26(31-28)32-17-7-5-6-8-18-32/h15-16,23-25H,3-14,17-22H2,1-2H3,(H,29,30,31). The molecule has 0 radical (unpaired) electrons. The molecule has 4 heterocycles. The van der Waals surface area contributed by atoms with Crippen molar-refractivity contribution < 1.29 is 4.79 Å². The smallest absolute Gasteiger partial charge is 0.225 e. The fraction of sp³-hybridized carbons (Fsp3) is 0.821. The van der Waals surface area contributed by atoms with Crippen molar-refractivity contribution in [1.29, 1.82) is 0 Å². The second-order valence-corrected chi connectivity index (χ2v) is 11.0. The molecule has 2 atom stereocenters. The van der Waals surface area contributed by atoms with Gasteiger partial charge >= 0.3 is 0 Å². The van der Waals surface area contributed by atoms with Crippen LogP contribution in [0.2, 0.25) is 0 Å². The van der Waals surface area contributed by atoms with E-state index in [0.717, 1.165) is 89.6 Å². The lowest BCUT2D eigenvalue weighted by Gasteiger charge is -2.43. The average Bonchev–Trinajstić information content (AvgIpc) is 3.18. The first-order valence-corrected chi connectivity index (χ1v) is 14.5. The van der Waals surface area contributed by atoms with E-state index in [-0.39, 0.29) is 5.92 Å². The number of piperidine rings is 2. The van der Waals surface area contributed by atoms with E-state index in [4.69, 9.17) is 4.98 Å². The van der Waals surface area contributed by atoms with Crippen LogP contribution in [0.3, 0.4) is 0 Å². The quantitative estimate of drug-likeness (QED) is 0.536. The summed E-state index contributed by atoms with van der Waals surface area (Å²) in [5.41, 5.74) is 0. The SMILES string of the molecule is CCCC(CCC)C(=O)N1CCCC(N2CCCC(Nc3nccc(N4CCCCCC4)n3)C2)C1. The minimum Gasteiger partial charge on any atom is -0.356 e. The molecule has 2 unspecified atom stereocenters. The molecule has 1 N–H and O–H groups in total. The molecule has 4 rings (SSSR count). The number of anilines is 2. The van der Waals surface area contributed by atoms with Gasteiger partial charge in [-0.3, -0.25) is 9.69 Å². The molecular formula is C28H48N6O. The van der Waals surface area contributed by atoms with Crippen molar-refractivity contribution in [3.05, 3.63) is 12.3 Å². The van der Waals surface area contributed by atoms with Crippen molar-refractivity contribution in [3.8, 4) is 0 Å². The minimum absolute atomic E-state index is 0.216. The van der Waals surface area contributed by atoms with Crippen LogP contribution in [0, 0.1) is 5.92 Å². The first-order chi connectivity index (χ1) is 17.2. The lowest BCUT2D eigenvalue weighted by atomic mass is 9.94. The van der Waals surface area contributed by atoms with Gasteiger partial charge in [-0.05, 0) is 64.0 Å². The van der Waals surface area contributed by atoms with Gasteiger partial charge in [0.2, 0.25) is 11.9 Å². The molecule has 3 saturated heterocycles. The second-order valence-electron chi connectivity index (χ2n) is 11.0. The summed E-state index contributed by atoms with van der Waals surface area (Å²) in [6.45, 7) is 10.6. The maximum atomic E-state index is 13.3. The Morgan fingerprint density at radius 1 is 0.971 bits per heavy atom. The predicted octanol–water partition coefficient (Wildman–Crippen LogP) is 4.94. The van der Waals surface area contributed by atoms with E-state index >= 15 is 0 Å². The summed E-state index contributed by atoms with van der Waals surface area (Å²) in [6.07, 6.45) is 16.0. The molecule has 7 nitrogen and oxygen atoms in total. The van der Waals surface area contributed by atoms with Crippen LogP contribution in [0.1, 0.15) is 90.9 Å². The topological polar surface area (TPSA) is 64.6 Å². The van der Waals surface area contributed by atoms with Gasteiger partial charge in [0, 0.05) is 56.9 Å². The highest BCUT2D eigenvalue weighted by Crippen LogP contribution is 2.25. The number of hydrogen-bond donors (Lipinski definition) is 1. The zero-order chi connectivity index (χ0) is 24.5. The highest BCUT2D eigenvalue weighted by atomic mass is 16.2. The Morgan fingerprint density at radius 2 is 1.71 bits per heavy atom. The van der Waals surface area contributed by atoms with Gasteiger partial charge in [0.15, 0.2) is 0 Å². The summed E-state index contributed by atoms with van der Waals surface area (Å²) in [4.78, 5) is 30.0. The van der Waals surface area contributed by atoms with Crippen molar-refractivity contribution in [1.82, 2.24) is 19.8 Å². The van der Waals surface area contributed by atoms with Gasteiger partial charge in [-0.2, -0.15) is 4.98 Å². The molecule has 3 fully saturated rings. The lowest BCUT2D eigenvalue weighted by Crippen LogP contribution is -2.55. The van der Waals surface area contributed by atoms with Crippen LogP contribution in [0.25, 0.3) is 0 Å². The van der Waals surface area contributed by atoms with Gasteiger partial charge < -0.3 is 15.1 Å². The first kappa shape index (κ1) is 26.2. The Kier molecular flexibility index (Phi) is 10.0. The third kappa shape index (κ3) is 7.31. The molecule has 0 spiro atoms. The van der Waals surface area contributed by atoms with Gasteiger partial charge in [0.05, 0.1) is 0 Å². The third-order valence-corrected chi connectivity index (χ3v) is 8.21. The zero-order valence-electron chi connectivity index (χ0n) is 22.3. The van der Waals surface area contributed by atoms with Gasteiger partial charge in [-0.1, -0.05) is 39.5 Å². The molecule has 3 aliphatic heterocycles. The largest absolute Gasteiger partial charge is 0.356 e. The number of likely N-dealkylation sites (tertiary alicyclic amines) is 2. The normalized spacial score (nSPS) is 24.4. The number of aromatic nitrogens is 2. The Hall–Kier alpha value is -1.89. The molecule has 3 aliphatic rings. The predicted molar refractivity (Wildman–Crippen MR) is 144 cm³/mol. The maximum absolute atomic E-state index is 13.3. The zero-order valence-corrected chi connectivity index (χ0v) is 22.3. The number of hydrogen-bond acceptors (Lipinski definition) is 6. The highest BCUT2D eigenvalue weighted by Gasteiger charge is 2.33. The lowest BCUT2D eigenvalue weighted by molar-refractivity contribution is -0.138. The summed E-state index contributed by atoms with van der Waals surface area (Å²) in [5.74, 6) is 2.45. The number of carbonyl (C=O) groups is 1. The Labute approximate surface area is 213 Å². The van der Waals surface area contributed by atoms with Gasteiger partial charge in [-0.25, -0.2) is 4.98 Å². The monoisotopic (exact) mass is 484 g/mol. The Morgan fingerprint density at radius 3 is 2.46 bits per heavy atom. The van der Waals surface area contributed by atoms with Crippen LogP contribution in [-0.4, -0.2) is 77.0 Å². The average molecular weight is 485 g/mol. The molecule has 1 aromatic heterocycles. The van der Waals surface area contributed by atoms with E-state index in [1.807, 2.05) is 6.20 Å². The number of amides is 1. The summed E-state index contributed by atoms with van der Waals surface area (Å²) < 4.78 is 0. The molecule has 0 saturated carbocycles. The number of nitrogens with one attached hydrogen (secondary N) is 1. The van der Waals surface area contributed by atoms with E-state index < -0.39 is 0 Å². The summed E-state index contributed by atoms with van der Waals surface area (Å²) in [5, 5.41) is 3.66. The summed E-state index contributed by atoms with van der Waals surface area (Å²) in [7, 11) is 0. The van der Waals surface area contributed by atoms with E-state index in [1.165, 1.54) is 38.5 Å². The van der Waals surface area contributed by atoms with Crippen molar-refractivity contribution in [2.75, 3.05) is 49.5 Å². The van der Waals surface area contributed by atoms with Gasteiger partial charge in [0.1, 0.15) is 5.82 Å². The highest BCUT2D eigenvalue weighted by molar-refractivity contribution is 5.79. The molecular weight excluding hydrogens is 436 g/mol. The molecule has 7 heteroatoms. The van der Waals surface area contributed by atoms with Crippen molar-refractivity contribution in [2.45, 2.75) is 103 Å². The van der Waals surface area contributed by atoms with Gasteiger partial charge in [-0.15, -0.1) is 0 Å². The Balaban J connectivity index is 1.33. The van der Waals surface area contributed by atoms with E-state index in [0.29, 0.717) is 18.0 Å². The molecule has 0 aromatic carbocycles. The van der Waals surface area contributed by atoms with Crippen LogP contribution in [-0.2, 0) is 4.79 Å². The maximum Gasteiger partial charge on any atom is 0.225 e. The van der Waals surface area contributed by atoms with Gasteiger partial charge in [0.25, 0.3) is 0 Å². The minimum atomic E-state index is 0.216. The number of rotatable bonds is 9. The number of carbonyl (C=O) groups excluding carboxylic acids is 1. The molecule has 1 amide bonds.